The predicted octanol–water partition coefficient (Wildman–Crippen LogP) is 4.96. The molecule has 2 rings (SSSR count). The first kappa shape index (κ1) is 12.2. The van der Waals surface area contributed by atoms with E-state index < -0.39 is 11.6 Å². The van der Waals surface area contributed by atoms with Crippen LogP contribution in [0.2, 0.25) is 0 Å². The first-order chi connectivity index (χ1) is 8.11. The molecule has 3 heteroatoms. The molecule has 0 fully saturated rings. The van der Waals surface area contributed by atoms with Gasteiger partial charge in [0.1, 0.15) is 11.6 Å². The molecule has 88 valence electrons. The van der Waals surface area contributed by atoms with E-state index >= 15 is 0 Å². The Bertz CT molecular complexity index is 533. The maximum absolute atomic E-state index is 13.6. The SMILES string of the molecule is CCc1c(F)cc(F)cc1-c1ccc(Br)cc1. The second-order valence-corrected chi connectivity index (χ2v) is 4.69. The molecule has 0 N–H and O–H groups in total. The minimum Gasteiger partial charge on any atom is -0.207 e. The van der Waals surface area contributed by atoms with E-state index in [2.05, 4.69) is 15.9 Å². The molecule has 0 nitrogen and oxygen atoms in total. The van der Waals surface area contributed by atoms with Crippen molar-refractivity contribution in [1.29, 1.82) is 0 Å². The zero-order valence-electron chi connectivity index (χ0n) is 9.31. The van der Waals surface area contributed by atoms with E-state index in [1.807, 2.05) is 31.2 Å². The largest absolute Gasteiger partial charge is 0.207 e. The monoisotopic (exact) mass is 296 g/mol. The molecule has 17 heavy (non-hydrogen) atoms. The first-order valence-corrected chi connectivity index (χ1v) is 6.15. The molecule has 0 spiro atoms. The van der Waals surface area contributed by atoms with E-state index in [0.29, 0.717) is 17.5 Å². The Morgan fingerprint density at radius 3 is 2.29 bits per heavy atom. The number of halogens is 3. The highest BCUT2D eigenvalue weighted by Gasteiger charge is 2.11. The van der Waals surface area contributed by atoms with Crippen LogP contribution in [0.15, 0.2) is 40.9 Å². The van der Waals surface area contributed by atoms with Crippen LogP contribution in [0, 0.1) is 11.6 Å². The summed E-state index contributed by atoms with van der Waals surface area (Å²) in [5.41, 5.74) is 2.00. The summed E-state index contributed by atoms with van der Waals surface area (Å²) in [6.07, 6.45) is 0.539. The van der Waals surface area contributed by atoms with Gasteiger partial charge in [-0.2, -0.15) is 0 Å². The molecule has 0 aliphatic heterocycles. The van der Waals surface area contributed by atoms with Gasteiger partial charge in [0.15, 0.2) is 0 Å². The third-order valence-corrected chi connectivity index (χ3v) is 3.20. The molecular formula is C14H11BrF2. The lowest BCUT2D eigenvalue weighted by Gasteiger charge is -2.09. The molecule has 0 saturated carbocycles. The normalized spacial score (nSPS) is 10.6. The van der Waals surface area contributed by atoms with Crippen molar-refractivity contribution >= 4 is 15.9 Å². The number of rotatable bonds is 2. The van der Waals surface area contributed by atoms with Crippen LogP contribution in [0.5, 0.6) is 0 Å². The van der Waals surface area contributed by atoms with Crippen LogP contribution in [0.1, 0.15) is 12.5 Å². The smallest absolute Gasteiger partial charge is 0.129 e. The Kier molecular flexibility index (Phi) is 3.57. The highest BCUT2D eigenvalue weighted by atomic mass is 79.9. The molecule has 0 aliphatic rings. The Hall–Kier alpha value is -1.22. The fourth-order valence-corrected chi connectivity index (χ4v) is 2.11. The second kappa shape index (κ2) is 4.96. The lowest BCUT2D eigenvalue weighted by atomic mass is 9.97. The van der Waals surface area contributed by atoms with E-state index in [0.717, 1.165) is 16.1 Å². The number of hydrogen-bond donors (Lipinski definition) is 0. The van der Waals surface area contributed by atoms with Gasteiger partial charge in [0.05, 0.1) is 0 Å². The summed E-state index contributed by atoms with van der Waals surface area (Å²) < 4.78 is 27.8. The van der Waals surface area contributed by atoms with E-state index in [-0.39, 0.29) is 0 Å². The Morgan fingerprint density at radius 2 is 1.71 bits per heavy atom. The van der Waals surface area contributed by atoms with Gasteiger partial charge < -0.3 is 0 Å². The average Bonchev–Trinajstić information content (AvgIpc) is 2.29. The third kappa shape index (κ3) is 2.55. The van der Waals surface area contributed by atoms with Gasteiger partial charge >= 0.3 is 0 Å². The summed E-state index contributed by atoms with van der Waals surface area (Å²) in [5.74, 6) is -1.02. The highest BCUT2D eigenvalue weighted by molar-refractivity contribution is 9.10. The topological polar surface area (TPSA) is 0 Å². The van der Waals surface area contributed by atoms with Gasteiger partial charge in [0.2, 0.25) is 0 Å². The Labute approximate surface area is 107 Å². The van der Waals surface area contributed by atoms with Gasteiger partial charge in [0, 0.05) is 10.5 Å². The van der Waals surface area contributed by atoms with Crippen LogP contribution in [0.25, 0.3) is 11.1 Å². The summed E-state index contributed by atoms with van der Waals surface area (Å²) in [4.78, 5) is 0. The predicted molar refractivity (Wildman–Crippen MR) is 68.9 cm³/mol. The van der Waals surface area contributed by atoms with Crippen molar-refractivity contribution in [2.45, 2.75) is 13.3 Å². The van der Waals surface area contributed by atoms with Crippen molar-refractivity contribution in [3.63, 3.8) is 0 Å². The van der Waals surface area contributed by atoms with Crippen molar-refractivity contribution in [2.24, 2.45) is 0 Å². The molecule has 2 aromatic rings. The van der Waals surface area contributed by atoms with Gasteiger partial charge in [-0.05, 0) is 41.3 Å². The van der Waals surface area contributed by atoms with Crippen molar-refractivity contribution in [1.82, 2.24) is 0 Å². The molecule has 2 aromatic carbocycles. The molecule has 0 bridgehead atoms. The van der Waals surface area contributed by atoms with Crippen LogP contribution in [-0.4, -0.2) is 0 Å². The summed E-state index contributed by atoms with van der Waals surface area (Å²) in [7, 11) is 0. The molecule has 0 saturated heterocycles. The standard InChI is InChI=1S/C14H11BrF2/c1-2-12-13(7-11(16)8-14(12)17)9-3-5-10(15)6-4-9/h3-8H,2H2,1H3. The Balaban J connectivity index is 2.61. The van der Waals surface area contributed by atoms with E-state index in [4.69, 9.17) is 0 Å². The summed E-state index contributed by atoms with van der Waals surface area (Å²) >= 11 is 3.33. The lowest BCUT2D eigenvalue weighted by Crippen LogP contribution is -1.94. The molecule has 0 atom stereocenters. The molecule has 0 heterocycles. The zero-order valence-corrected chi connectivity index (χ0v) is 10.9. The van der Waals surface area contributed by atoms with Crippen LogP contribution in [-0.2, 0) is 6.42 Å². The van der Waals surface area contributed by atoms with Crippen LogP contribution < -0.4 is 0 Å². The van der Waals surface area contributed by atoms with E-state index in [9.17, 15) is 8.78 Å². The molecule has 0 amide bonds. The Morgan fingerprint density at radius 1 is 1.06 bits per heavy atom. The number of hydrogen-bond acceptors (Lipinski definition) is 0. The first-order valence-electron chi connectivity index (χ1n) is 5.35. The van der Waals surface area contributed by atoms with Gasteiger partial charge in [0.25, 0.3) is 0 Å². The van der Waals surface area contributed by atoms with E-state index in [1.54, 1.807) is 0 Å². The van der Waals surface area contributed by atoms with Gasteiger partial charge in [-0.25, -0.2) is 8.78 Å². The van der Waals surface area contributed by atoms with Crippen LogP contribution in [0.4, 0.5) is 8.78 Å². The van der Waals surface area contributed by atoms with Gasteiger partial charge in [-0.15, -0.1) is 0 Å². The second-order valence-electron chi connectivity index (χ2n) is 3.77. The maximum Gasteiger partial charge on any atom is 0.129 e. The van der Waals surface area contributed by atoms with Crippen LogP contribution in [0.3, 0.4) is 0 Å². The van der Waals surface area contributed by atoms with Crippen molar-refractivity contribution in [3.05, 3.63) is 58.1 Å². The summed E-state index contributed by atoms with van der Waals surface area (Å²) in [6, 6.07) is 9.72. The maximum atomic E-state index is 13.6. The fraction of sp³-hybridized carbons (Fsp3) is 0.143. The molecule has 0 aromatic heterocycles. The van der Waals surface area contributed by atoms with Crippen molar-refractivity contribution in [2.75, 3.05) is 0 Å². The molecule has 0 unspecified atom stereocenters. The van der Waals surface area contributed by atoms with Crippen LogP contribution >= 0.6 is 15.9 Å². The quantitative estimate of drug-likeness (QED) is 0.735. The zero-order chi connectivity index (χ0) is 12.4. The van der Waals surface area contributed by atoms with Gasteiger partial charge in [-0.1, -0.05) is 35.0 Å². The number of benzene rings is 2. The third-order valence-electron chi connectivity index (χ3n) is 2.67. The minimum atomic E-state index is -0.544. The average molecular weight is 297 g/mol. The van der Waals surface area contributed by atoms with E-state index in [1.165, 1.54) is 6.07 Å². The molecule has 0 aliphatic carbocycles. The van der Waals surface area contributed by atoms with Crippen molar-refractivity contribution < 1.29 is 8.78 Å². The highest BCUT2D eigenvalue weighted by Crippen LogP contribution is 2.28. The van der Waals surface area contributed by atoms with Gasteiger partial charge in [-0.3, -0.25) is 0 Å². The minimum absolute atomic E-state index is 0.481. The summed E-state index contributed by atoms with van der Waals surface area (Å²) in [6.45, 7) is 1.86. The lowest BCUT2D eigenvalue weighted by molar-refractivity contribution is 0.574. The molecule has 0 radical (unpaired) electrons. The fourth-order valence-electron chi connectivity index (χ4n) is 1.85. The van der Waals surface area contributed by atoms with Crippen molar-refractivity contribution in [3.8, 4) is 11.1 Å². The molecular weight excluding hydrogens is 286 g/mol. The summed E-state index contributed by atoms with van der Waals surface area (Å²) in [5, 5.41) is 0.